The summed E-state index contributed by atoms with van der Waals surface area (Å²) in [6, 6.07) is 11.9. The first-order valence-electron chi connectivity index (χ1n) is 8.59. The van der Waals surface area contributed by atoms with Crippen LogP contribution < -0.4 is 14.9 Å². The molecule has 27 heavy (non-hydrogen) atoms. The molecule has 0 saturated heterocycles. The Balaban J connectivity index is 1.69. The minimum atomic E-state index is -0.266. The summed E-state index contributed by atoms with van der Waals surface area (Å²) in [5.41, 5.74) is 5.38. The zero-order chi connectivity index (χ0) is 19.1. The number of rotatable bonds is 8. The molecule has 0 atom stereocenters. The quantitative estimate of drug-likeness (QED) is 0.428. The smallest absolute Gasteiger partial charge is 0.203 e. The van der Waals surface area contributed by atoms with Crippen molar-refractivity contribution in [2.45, 2.75) is 13.8 Å². The molecule has 3 aromatic rings. The van der Waals surface area contributed by atoms with Crippen LogP contribution in [0.4, 0.5) is 9.52 Å². The molecule has 0 aliphatic heterocycles. The molecule has 0 unspecified atom stereocenters. The molecule has 0 aliphatic carbocycles. The Labute approximate surface area is 161 Å². The summed E-state index contributed by atoms with van der Waals surface area (Å²) in [7, 11) is 0. The normalized spacial score (nSPS) is 10.9. The number of anilines is 1. The number of hydrogen-bond donors (Lipinski definition) is 1. The zero-order valence-corrected chi connectivity index (χ0v) is 15.9. The van der Waals surface area contributed by atoms with E-state index in [0.29, 0.717) is 24.1 Å². The van der Waals surface area contributed by atoms with Crippen molar-refractivity contribution in [2.75, 3.05) is 18.6 Å². The van der Waals surface area contributed by atoms with Gasteiger partial charge in [0, 0.05) is 22.6 Å². The number of hydrazone groups is 1. The molecular formula is C20H20FN3O2S. The molecule has 0 saturated carbocycles. The molecule has 0 aliphatic rings. The van der Waals surface area contributed by atoms with Crippen molar-refractivity contribution in [3.8, 4) is 22.8 Å². The van der Waals surface area contributed by atoms with Gasteiger partial charge in [-0.15, -0.1) is 11.3 Å². The third-order valence-electron chi connectivity index (χ3n) is 3.60. The molecule has 0 fully saturated rings. The Morgan fingerprint density at radius 3 is 2.63 bits per heavy atom. The van der Waals surface area contributed by atoms with Crippen LogP contribution in [0.3, 0.4) is 0 Å². The van der Waals surface area contributed by atoms with Crippen LogP contribution in [0.15, 0.2) is 52.9 Å². The topological polar surface area (TPSA) is 55.7 Å². The molecule has 140 valence electrons. The minimum absolute atomic E-state index is 0.266. The Kier molecular flexibility index (Phi) is 6.38. The Morgan fingerprint density at radius 2 is 1.89 bits per heavy atom. The number of nitrogens with zero attached hydrogens (tertiary/aromatic N) is 2. The van der Waals surface area contributed by atoms with Crippen LogP contribution in [0.5, 0.6) is 11.5 Å². The summed E-state index contributed by atoms with van der Waals surface area (Å²) in [6.07, 6.45) is 1.68. The number of nitrogens with one attached hydrogen (secondary N) is 1. The van der Waals surface area contributed by atoms with Crippen molar-refractivity contribution in [1.29, 1.82) is 0 Å². The number of halogens is 1. The highest BCUT2D eigenvalue weighted by molar-refractivity contribution is 7.14. The first kappa shape index (κ1) is 18.8. The molecule has 3 rings (SSSR count). The van der Waals surface area contributed by atoms with E-state index in [0.717, 1.165) is 22.6 Å². The average Bonchev–Trinajstić information content (AvgIpc) is 3.13. The molecular weight excluding hydrogens is 365 g/mol. The van der Waals surface area contributed by atoms with E-state index >= 15 is 0 Å². The van der Waals surface area contributed by atoms with Gasteiger partial charge in [-0.25, -0.2) is 9.37 Å². The molecule has 0 bridgehead atoms. The molecule has 1 aromatic heterocycles. The van der Waals surface area contributed by atoms with E-state index in [1.165, 1.54) is 23.5 Å². The minimum Gasteiger partial charge on any atom is -0.494 e. The molecule has 0 radical (unpaired) electrons. The second-order valence-corrected chi connectivity index (χ2v) is 6.34. The van der Waals surface area contributed by atoms with Gasteiger partial charge in [-0.05, 0) is 50.2 Å². The predicted molar refractivity (Wildman–Crippen MR) is 108 cm³/mol. The van der Waals surface area contributed by atoms with Gasteiger partial charge in [0.1, 0.15) is 17.3 Å². The Morgan fingerprint density at radius 1 is 1.11 bits per heavy atom. The van der Waals surface area contributed by atoms with Crippen LogP contribution in [0, 0.1) is 5.82 Å². The summed E-state index contributed by atoms with van der Waals surface area (Å²) < 4.78 is 24.2. The van der Waals surface area contributed by atoms with Gasteiger partial charge in [0.2, 0.25) is 5.13 Å². The van der Waals surface area contributed by atoms with Gasteiger partial charge in [-0.3, -0.25) is 5.43 Å². The highest BCUT2D eigenvalue weighted by Crippen LogP contribution is 2.26. The van der Waals surface area contributed by atoms with E-state index < -0.39 is 0 Å². The Bertz CT molecular complexity index is 910. The SMILES string of the molecule is CCOc1ccc(/C=N\Nc2nc(-c3ccc(F)cc3)cs2)c(OCC)c1. The van der Waals surface area contributed by atoms with Gasteiger partial charge >= 0.3 is 0 Å². The fourth-order valence-corrected chi connectivity index (χ4v) is 3.06. The molecule has 1 heterocycles. The third kappa shape index (κ3) is 5.04. The van der Waals surface area contributed by atoms with Gasteiger partial charge in [0.15, 0.2) is 0 Å². The van der Waals surface area contributed by atoms with Crippen molar-refractivity contribution >= 4 is 22.7 Å². The molecule has 2 aromatic carbocycles. The lowest BCUT2D eigenvalue weighted by atomic mass is 10.2. The van der Waals surface area contributed by atoms with Crippen LogP contribution in [-0.4, -0.2) is 24.4 Å². The number of ether oxygens (including phenoxy) is 2. The summed E-state index contributed by atoms with van der Waals surface area (Å²) in [6.45, 7) is 5.02. The Hall–Kier alpha value is -2.93. The molecule has 0 amide bonds. The van der Waals surface area contributed by atoms with Crippen molar-refractivity contribution < 1.29 is 13.9 Å². The molecule has 0 spiro atoms. The van der Waals surface area contributed by atoms with Gasteiger partial charge in [0.25, 0.3) is 0 Å². The van der Waals surface area contributed by atoms with Crippen molar-refractivity contribution in [3.05, 3.63) is 59.2 Å². The standard InChI is InChI=1S/C20H20FN3O2S/c1-3-25-17-10-7-15(19(11-17)26-4-2)12-22-24-20-23-18(13-27-20)14-5-8-16(21)9-6-14/h5-13H,3-4H2,1-2H3,(H,23,24)/b22-12-. The van der Waals surface area contributed by atoms with E-state index in [9.17, 15) is 4.39 Å². The lowest BCUT2D eigenvalue weighted by molar-refractivity contribution is 0.323. The van der Waals surface area contributed by atoms with E-state index in [-0.39, 0.29) is 5.82 Å². The van der Waals surface area contributed by atoms with Crippen molar-refractivity contribution in [2.24, 2.45) is 5.10 Å². The lowest BCUT2D eigenvalue weighted by Crippen LogP contribution is -1.99. The number of hydrogen-bond acceptors (Lipinski definition) is 6. The molecule has 7 heteroatoms. The zero-order valence-electron chi connectivity index (χ0n) is 15.1. The summed E-state index contributed by atoms with van der Waals surface area (Å²) in [4.78, 5) is 4.46. The van der Waals surface area contributed by atoms with Crippen LogP contribution in [0.25, 0.3) is 11.3 Å². The van der Waals surface area contributed by atoms with Crippen molar-refractivity contribution in [3.63, 3.8) is 0 Å². The van der Waals surface area contributed by atoms with Gasteiger partial charge in [0.05, 0.1) is 25.1 Å². The van der Waals surface area contributed by atoms with Gasteiger partial charge in [-0.1, -0.05) is 0 Å². The second kappa shape index (κ2) is 9.14. The molecule has 1 N–H and O–H groups in total. The lowest BCUT2D eigenvalue weighted by Gasteiger charge is -2.09. The summed E-state index contributed by atoms with van der Waals surface area (Å²) >= 11 is 1.43. The maximum atomic E-state index is 13.0. The van der Waals surface area contributed by atoms with Crippen LogP contribution in [0.1, 0.15) is 19.4 Å². The van der Waals surface area contributed by atoms with Crippen molar-refractivity contribution in [1.82, 2.24) is 4.98 Å². The average molecular weight is 385 g/mol. The number of benzene rings is 2. The largest absolute Gasteiger partial charge is 0.494 e. The second-order valence-electron chi connectivity index (χ2n) is 5.48. The first-order valence-corrected chi connectivity index (χ1v) is 9.47. The van der Waals surface area contributed by atoms with Crippen LogP contribution in [-0.2, 0) is 0 Å². The molecule has 5 nitrogen and oxygen atoms in total. The fourth-order valence-electron chi connectivity index (χ4n) is 2.39. The van der Waals surface area contributed by atoms with E-state index in [4.69, 9.17) is 9.47 Å². The van der Waals surface area contributed by atoms with E-state index in [1.54, 1.807) is 18.3 Å². The maximum absolute atomic E-state index is 13.0. The third-order valence-corrected chi connectivity index (χ3v) is 4.35. The van der Waals surface area contributed by atoms with E-state index in [1.807, 2.05) is 37.4 Å². The van der Waals surface area contributed by atoms with Gasteiger partial charge < -0.3 is 9.47 Å². The first-order chi connectivity index (χ1) is 13.2. The van der Waals surface area contributed by atoms with Gasteiger partial charge in [-0.2, -0.15) is 5.10 Å². The van der Waals surface area contributed by atoms with Crippen LogP contribution >= 0.6 is 11.3 Å². The summed E-state index contributed by atoms with van der Waals surface area (Å²) in [5.74, 6) is 1.20. The number of aromatic nitrogens is 1. The monoisotopic (exact) mass is 385 g/mol. The number of thiazole rings is 1. The highest BCUT2D eigenvalue weighted by Gasteiger charge is 2.06. The predicted octanol–water partition coefficient (Wildman–Crippen LogP) is 5.19. The maximum Gasteiger partial charge on any atom is 0.203 e. The van der Waals surface area contributed by atoms with Crippen LogP contribution in [0.2, 0.25) is 0 Å². The fraction of sp³-hybridized carbons (Fsp3) is 0.200. The highest BCUT2D eigenvalue weighted by atomic mass is 32.1. The summed E-state index contributed by atoms with van der Waals surface area (Å²) in [5, 5.41) is 6.79. The van der Waals surface area contributed by atoms with E-state index in [2.05, 4.69) is 15.5 Å².